The fraction of sp³-hybridized carbons (Fsp3) is 0.706. The number of rotatable bonds is 15. The van der Waals surface area contributed by atoms with Crippen molar-refractivity contribution in [3.63, 3.8) is 0 Å². The smallest absolute Gasteiger partial charge is 0.303 e. The summed E-state index contributed by atoms with van der Waals surface area (Å²) in [6, 6.07) is -4.93. The molecule has 0 spiro atoms. The van der Waals surface area contributed by atoms with Gasteiger partial charge in [0, 0.05) is 6.42 Å². The van der Waals surface area contributed by atoms with Crippen molar-refractivity contribution in [3.8, 4) is 0 Å². The molecule has 0 saturated carbocycles. The minimum atomic E-state index is -1.41. The second-order valence-electron chi connectivity index (χ2n) is 6.35. The summed E-state index contributed by atoms with van der Waals surface area (Å²) in [6.07, 6.45) is 2.49. The first kappa shape index (κ1) is 26.4. The van der Waals surface area contributed by atoms with Crippen molar-refractivity contribution in [1.29, 1.82) is 0 Å². The van der Waals surface area contributed by atoms with Crippen molar-refractivity contribution >= 4 is 30.0 Å². The van der Waals surface area contributed by atoms with Gasteiger partial charge in [-0.1, -0.05) is 19.8 Å². The fourth-order valence-corrected chi connectivity index (χ4v) is 2.21. The SMILES string of the molecule is CCCC[C@H](NC(=O)[C@H](CO)NC(=O)[C@@H](N)CO)C(=O)N[C@H]([C]=O)CCC(=O)O. The predicted octanol–water partition coefficient (Wildman–Crippen LogP) is -3.08. The summed E-state index contributed by atoms with van der Waals surface area (Å²) in [6.45, 7) is 0.424. The van der Waals surface area contributed by atoms with Gasteiger partial charge in [-0.3, -0.25) is 24.0 Å². The standard InChI is InChI=1S/C17H29N4O8/c1-2-3-4-12(16(28)19-10(7-22)5-6-14(25)26)20-17(29)13(9-24)21-15(27)11(18)8-23/h10-13,23-24H,2-6,8-9,18H2,1H3,(H,19,28)(H,20,29)(H,21,27)(H,25,26)/t10-,11-,12-,13-/m0/s1. The molecule has 0 aromatic carbocycles. The summed E-state index contributed by atoms with van der Waals surface area (Å²) in [5.41, 5.74) is 5.34. The van der Waals surface area contributed by atoms with Crippen LogP contribution in [0.5, 0.6) is 0 Å². The van der Waals surface area contributed by atoms with Crippen molar-refractivity contribution in [2.45, 2.75) is 63.2 Å². The molecule has 1 radical (unpaired) electrons. The van der Waals surface area contributed by atoms with E-state index in [2.05, 4.69) is 16.0 Å². The largest absolute Gasteiger partial charge is 0.481 e. The minimum absolute atomic E-state index is 0.159. The Labute approximate surface area is 168 Å². The molecule has 0 aliphatic carbocycles. The number of amides is 3. The molecule has 0 bridgehead atoms. The average molecular weight is 417 g/mol. The summed E-state index contributed by atoms with van der Waals surface area (Å²) < 4.78 is 0. The molecule has 0 unspecified atom stereocenters. The molecule has 0 saturated heterocycles. The minimum Gasteiger partial charge on any atom is -0.481 e. The topological polar surface area (TPSA) is 208 Å². The quantitative estimate of drug-likeness (QED) is 0.144. The first-order valence-corrected chi connectivity index (χ1v) is 9.17. The van der Waals surface area contributed by atoms with Gasteiger partial charge in [-0.05, 0) is 12.8 Å². The molecular formula is C17H29N4O8. The molecule has 0 aromatic rings. The molecule has 29 heavy (non-hydrogen) atoms. The van der Waals surface area contributed by atoms with Crippen molar-refractivity contribution in [2.24, 2.45) is 5.73 Å². The number of carbonyl (C=O) groups excluding carboxylic acids is 4. The van der Waals surface area contributed by atoms with Gasteiger partial charge in [0.2, 0.25) is 24.0 Å². The van der Waals surface area contributed by atoms with Gasteiger partial charge in [0.1, 0.15) is 18.1 Å². The van der Waals surface area contributed by atoms with Crippen LogP contribution in [0.1, 0.15) is 39.0 Å². The highest BCUT2D eigenvalue weighted by atomic mass is 16.4. The average Bonchev–Trinajstić information content (AvgIpc) is 2.70. The molecule has 0 heterocycles. The van der Waals surface area contributed by atoms with Gasteiger partial charge in [0.25, 0.3) is 0 Å². The van der Waals surface area contributed by atoms with Gasteiger partial charge in [0.05, 0.1) is 19.3 Å². The maximum Gasteiger partial charge on any atom is 0.303 e. The van der Waals surface area contributed by atoms with E-state index in [4.69, 9.17) is 15.9 Å². The zero-order valence-electron chi connectivity index (χ0n) is 16.2. The maximum atomic E-state index is 12.4. The highest BCUT2D eigenvalue weighted by Gasteiger charge is 2.28. The van der Waals surface area contributed by atoms with Crippen molar-refractivity contribution < 1.29 is 39.3 Å². The normalized spacial score (nSPS) is 14.8. The van der Waals surface area contributed by atoms with Crippen molar-refractivity contribution in [3.05, 3.63) is 0 Å². The summed E-state index contributed by atoms with van der Waals surface area (Å²) >= 11 is 0. The number of carboxylic acid groups (broad SMARTS) is 1. The van der Waals surface area contributed by atoms with Crippen molar-refractivity contribution in [2.75, 3.05) is 13.2 Å². The molecule has 0 rings (SSSR count). The highest BCUT2D eigenvalue weighted by molar-refractivity contribution is 5.93. The summed E-state index contributed by atoms with van der Waals surface area (Å²) in [5, 5.41) is 33.7. The lowest BCUT2D eigenvalue weighted by atomic mass is 10.1. The zero-order valence-corrected chi connectivity index (χ0v) is 16.2. The number of aliphatic carboxylic acids is 1. The molecule has 0 fully saturated rings. The molecule has 0 aliphatic rings. The maximum absolute atomic E-state index is 12.4. The zero-order chi connectivity index (χ0) is 22.4. The van der Waals surface area contributed by atoms with E-state index in [0.29, 0.717) is 12.8 Å². The van der Waals surface area contributed by atoms with Gasteiger partial charge < -0.3 is 37.0 Å². The molecule has 0 aliphatic heterocycles. The van der Waals surface area contributed by atoms with E-state index in [0.717, 1.165) is 0 Å². The predicted molar refractivity (Wildman–Crippen MR) is 100 cm³/mol. The molecule has 12 heteroatoms. The first-order valence-electron chi connectivity index (χ1n) is 9.17. The van der Waals surface area contributed by atoms with E-state index in [1.165, 1.54) is 6.29 Å². The summed E-state index contributed by atoms with van der Waals surface area (Å²) in [4.78, 5) is 58.0. The third kappa shape index (κ3) is 10.5. The number of aliphatic hydroxyl groups is 2. The number of unbranched alkanes of at least 4 members (excludes halogenated alkanes) is 1. The molecule has 0 aromatic heterocycles. The van der Waals surface area contributed by atoms with Crippen LogP contribution in [0.3, 0.4) is 0 Å². The van der Waals surface area contributed by atoms with Crippen LogP contribution in [-0.2, 0) is 24.0 Å². The molecule has 3 amide bonds. The van der Waals surface area contributed by atoms with Crippen LogP contribution >= 0.6 is 0 Å². The lowest BCUT2D eigenvalue weighted by molar-refractivity contribution is -0.137. The Balaban J connectivity index is 5.07. The van der Waals surface area contributed by atoms with Gasteiger partial charge in [0.15, 0.2) is 0 Å². The molecule has 8 N–H and O–H groups in total. The Morgan fingerprint density at radius 3 is 2.00 bits per heavy atom. The lowest BCUT2D eigenvalue weighted by Gasteiger charge is -2.23. The molecule has 12 nitrogen and oxygen atoms in total. The van der Waals surface area contributed by atoms with Gasteiger partial charge in [-0.2, -0.15) is 0 Å². The van der Waals surface area contributed by atoms with Gasteiger partial charge >= 0.3 is 5.97 Å². The third-order valence-electron chi connectivity index (χ3n) is 3.93. The van der Waals surface area contributed by atoms with E-state index in [1.54, 1.807) is 0 Å². The first-order chi connectivity index (χ1) is 13.7. The molecular weight excluding hydrogens is 388 g/mol. The van der Waals surface area contributed by atoms with Crippen LogP contribution < -0.4 is 21.7 Å². The Kier molecular flexibility index (Phi) is 13.2. The van der Waals surface area contributed by atoms with Gasteiger partial charge in [-0.15, -0.1) is 0 Å². The van der Waals surface area contributed by atoms with Crippen LogP contribution in [0.25, 0.3) is 0 Å². The number of nitrogens with one attached hydrogen (secondary N) is 3. The van der Waals surface area contributed by atoms with Crippen LogP contribution in [-0.4, -0.2) is 82.7 Å². The van der Waals surface area contributed by atoms with Crippen LogP contribution in [0.2, 0.25) is 0 Å². The van der Waals surface area contributed by atoms with Gasteiger partial charge in [-0.25, -0.2) is 0 Å². The van der Waals surface area contributed by atoms with Crippen LogP contribution in [0.15, 0.2) is 0 Å². The number of carbonyl (C=O) groups is 4. The fourth-order valence-electron chi connectivity index (χ4n) is 2.21. The third-order valence-corrected chi connectivity index (χ3v) is 3.93. The Morgan fingerprint density at radius 2 is 1.52 bits per heavy atom. The monoisotopic (exact) mass is 417 g/mol. The van der Waals surface area contributed by atoms with Crippen molar-refractivity contribution in [1.82, 2.24) is 16.0 Å². The van der Waals surface area contributed by atoms with E-state index in [9.17, 15) is 29.1 Å². The van der Waals surface area contributed by atoms with Crippen LogP contribution in [0, 0.1) is 0 Å². The van der Waals surface area contributed by atoms with Crippen LogP contribution in [0.4, 0.5) is 0 Å². The number of nitrogens with two attached hydrogens (primary N) is 1. The van der Waals surface area contributed by atoms with E-state index >= 15 is 0 Å². The highest BCUT2D eigenvalue weighted by Crippen LogP contribution is 2.04. The second kappa shape index (κ2) is 14.4. The van der Waals surface area contributed by atoms with E-state index in [1.807, 2.05) is 6.92 Å². The van der Waals surface area contributed by atoms with E-state index in [-0.39, 0.29) is 19.3 Å². The summed E-state index contributed by atoms with van der Waals surface area (Å²) in [5.74, 6) is -3.58. The Bertz CT molecular complexity index is 572. The number of hydrogen-bond acceptors (Lipinski definition) is 8. The second-order valence-corrected chi connectivity index (χ2v) is 6.35. The number of hydrogen-bond donors (Lipinski definition) is 7. The number of aliphatic hydroxyl groups excluding tert-OH is 2. The Hall–Kier alpha value is -2.57. The molecule has 4 atom stereocenters. The van der Waals surface area contributed by atoms with E-state index < -0.39 is 61.1 Å². The lowest BCUT2D eigenvalue weighted by Crippen LogP contribution is -2.58. The molecule has 165 valence electrons. The Morgan fingerprint density at radius 1 is 0.931 bits per heavy atom. The number of carboxylic acids is 1. The summed E-state index contributed by atoms with van der Waals surface area (Å²) in [7, 11) is 0.